The van der Waals surface area contributed by atoms with Crippen molar-refractivity contribution in [3.8, 4) is 0 Å². The Morgan fingerprint density at radius 2 is 0.639 bits per heavy atom. The molecule has 0 radical (unpaired) electrons. The van der Waals surface area contributed by atoms with Crippen LogP contribution in [0.4, 0.5) is 92.2 Å². The fraction of sp³-hybridized carbons (Fsp3) is 0.308. The van der Waals surface area contributed by atoms with Gasteiger partial charge in [-0.05, 0) is 54.6 Å². The fourth-order valence-electron chi connectivity index (χ4n) is 7.02. The van der Waals surface area contributed by atoms with Crippen molar-refractivity contribution in [2.45, 2.75) is 72.5 Å². The SMILES string of the molecule is O=C(O)c1ccc2nc3c4nc5ccc(C(=O)O)cc5nc4c4nc5cc(C(=O)OC(CC(F)(F)C(F)(F)C(F)(F)F)(CC(F)(F)C(F)(F)C(F)(F)F)C(F)(F)C(F)(F)C(F)(F)F)ccc5nc4c3nc2c1. The number of carboxylic acid groups (broad SMARTS) is 2. The Bertz CT molecular complexity index is 3400. The standard InChI is InChI=1S/C39H15F21N6O6/c40-31(41,34(46,47)37(52,53)54)10-30(33(44,45)36(50,51)39(58,59)60,11-32(42,43)35(48,49)38(55,56)57)72-29(71)14-3-6-17-20(9-14)66-26-23(63-17)24-21(61-15-4-1-12(27(67)68)7-18(15)64-24)22-25(26)65-19-8-13(28(69)70)2-5-16(19)62-22/h1-9H,10-11H2,(H,67,68)(H,69,70). The molecule has 33 heteroatoms. The Hall–Kier alpha value is -7.38. The third kappa shape index (κ3) is 8.07. The van der Waals surface area contributed by atoms with E-state index in [1.165, 1.54) is 6.07 Å². The number of alkyl halides is 21. The number of aromatic carboxylic acids is 2. The summed E-state index contributed by atoms with van der Waals surface area (Å²) in [7, 11) is 0. The van der Waals surface area contributed by atoms with E-state index in [9.17, 15) is 108 Å². The maximum absolute atomic E-state index is 15.8. The normalized spacial score (nSPS) is 14.3. The molecule has 0 bridgehead atoms. The summed E-state index contributed by atoms with van der Waals surface area (Å²) in [5.41, 5.74) is -14.5. The fourth-order valence-corrected chi connectivity index (χ4v) is 7.02. The maximum Gasteiger partial charge on any atom is 0.460 e. The summed E-state index contributed by atoms with van der Waals surface area (Å²) in [4.78, 5) is 62.7. The zero-order valence-electron chi connectivity index (χ0n) is 33.8. The topological polar surface area (TPSA) is 178 Å². The first kappa shape index (κ1) is 52.4. The minimum Gasteiger partial charge on any atom is -0.478 e. The lowest BCUT2D eigenvalue weighted by Crippen LogP contribution is -2.71. The molecule has 12 nitrogen and oxygen atoms in total. The first-order valence-electron chi connectivity index (χ1n) is 18.7. The van der Waals surface area contributed by atoms with Crippen LogP contribution < -0.4 is 0 Å². The van der Waals surface area contributed by atoms with E-state index in [0.717, 1.165) is 30.3 Å². The van der Waals surface area contributed by atoms with E-state index in [-0.39, 0.29) is 56.3 Å². The molecule has 3 heterocycles. The van der Waals surface area contributed by atoms with Crippen molar-refractivity contribution in [2.24, 2.45) is 0 Å². The van der Waals surface area contributed by atoms with Gasteiger partial charge in [-0.3, -0.25) is 0 Å². The van der Waals surface area contributed by atoms with Crippen LogP contribution in [-0.2, 0) is 4.74 Å². The van der Waals surface area contributed by atoms with Crippen LogP contribution in [0.1, 0.15) is 43.9 Å². The van der Waals surface area contributed by atoms with Crippen LogP contribution in [0.5, 0.6) is 0 Å². The van der Waals surface area contributed by atoms with Crippen molar-refractivity contribution in [1.82, 2.24) is 29.9 Å². The molecule has 7 aromatic rings. The minimum atomic E-state index is -8.44. The van der Waals surface area contributed by atoms with Gasteiger partial charge in [0.15, 0.2) is 5.60 Å². The molecular formula is C39H15F21N6O6. The van der Waals surface area contributed by atoms with Crippen molar-refractivity contribution in [3.05, 3.63) is 71.3 Å². The van der Waals surface area contributed by atoms with E-state index in [1.807, 2.05) is 0 Å². The second kappa shape index (κ2) is 16.1. The molecule has 0 atom stereocenters. The van der Waals surface area contributed by atoms with Gasteiger partial charge in [0.25, 0.3) is 0 Å². The number of carboxylic acids is 2. The van der Waals surface area contributed by atoms with Crippen molar-refractivity contribution < 1.29 is 122 Å². The van der Waals surface area contributed by atoms with Gasteiger partial charge in [-0.2, -0.15) is 92.2 Å². The minimum absolute atomic E-state index is 0.0115. The Balaban J connectivity index is 1.51. The van der Waals surface area contributed by atoms with Gasteiger partial charge in [0, 0.05) is 0 Å². The molecule has 384 valence electrons. The van der Waals surface area contributed by atoms with Crippen molar-refractivity contribution in [1.29, 1.82) is 0 Å². The Kier molecular flexibility index (Phi) is 11.7. The maximum atomic E-state index is 15.8. The average Bonchev–Trinajstić information content (AvgIpc) is 3.25. The van der Waals surface area contributed by atoms with Gasteiger partial charge in [0.05, 0.1) is 62.6 Å². The van der Waals surface area contributed by atoms with Gasteiger partial charge in [0.1, 0.15) is 33.1 Å². The number of fused-ring (bicyclic) bond motifs is 9. The lowest BCUT2D eigenvalue weighted by atomic mass is 9.77. The molecule has 2 N–H and O–H groups in total. The molecule has 0 spiro atoms. The lowest BCUT2D eigenvalue weighted by Gasteiger charge is -2.47. The number of aromatic nitrogens is 6. The van der Waals surface area contributed by atoms with Crippen LogP contribution in [0, 0.1) is 0 Å². The van der Waals surface area contributed by atoms with E-state index in [2.05, 4.69) is 34.6 Å². The van der Waals surface area contributed by atoms with Crippen molar-refractivity contribution in [3.63, 3.8) is 0 Å². The van der Waals surface area contributed by atoms with Crippen LogP contribution in [0.2, 0.25) is 0 Å². The second-order valence-electron chi connectivity index (χ2n) is 15.4. The van der Waals surface area contributed by atoms with E-state index < -0.39 is 129 Å². The molecule has 3 aromatic heterocycles. The molecule has 0 saturated carbocycles. The van der Waals surface area contributed by atoms with Gasteiger partial charge in [-0.15, -0.1) is 0 Å². The number of hydrogen-bond donors (Lipinski definition) is 2. The summed E-state index contributed by atoms with van der Waals surface area (Å²) in [6.45, 7) is 0. The average molecular weight is 1060 g/mol. The summed E-state index contributed by atoms with van der Waals surface area (Å²) >= 11 is 0. The number of ether oxygens (including phenoxy) is 1. The highest BCUT2D eigenvalue weighted by molar-refractivity contribution is 6.21. The first-order valence-corrected chi connectivity index (χ1v) is 18.7. The summed E-state index contributed by atoms with van der Waals surface area (Å²) in [6.07, 6.45) is -34.0. The Morgan fingerprint density at radius 3 is 0.917 bits per heavy atom. The Morgan fingerprint density at radius 1 is 0.375 bits per heavy atom. The molecule has 72 heavy (non-hydrogen) atoms. The van der Waals surface area contributed by atoms with E-state index in [1.54, 1.807) is 0 Å². The number of halogens is 21. The van der Waals surface area contributed by atoms with Crippen LogP contribution in [0.15, 0.2) is 54.6 Å². The molecule has 0 saturated heterocycles. The summed E-state index contributed by atoms with van der Waals surface area (Å²) < 4.78 is 301. The van der Waals surface area contributed by atoms with Gasteiger partial charge in [-0.25, -0.2) is 44.3 Å². The van der Waals surface area contributed by atoms with E-state index in [4.69, 9.17) is 0 Å². The third-order valence-electron chi connectivity index (χ3n) is 10.7. The van der Waals surface area contributed by atoms with Gasteiger partial charge in [0.2, 0.25) is 0 Å². The highest BCUT2D eigenvalue weighted by Crippen LogP contribution is 2.62. The summed E-state index contributed by atoms with van der Waals surface area (Å²) in [5.74, 6) is -55.0. The number of hydrogen-bond acceptors (Lipinski definition) is 10. The smallest absolute Gasteiger partial charge is 0.460 e. The Labute approximate surface area is 379 Å². The molecule has 0 fully saturated rings. The summed E-state index contributed by atoms with van der Waals surface area (Å²) in [5, 5.41) is 19.0. The molecule has 7 rings (SSSR count). The molecule has 0 aliphatic heterocycles. The zero-order valence-corrected chi connectivity index (χ0v) is 33.8. The van der Waals surface area contributed by atoms with Crippen molar-refractivity contribution in [2.75, 3.05) is 0 Å². The molecule has 0 unspecified atom stereocenters. The molecular weight excluding hydrogens is 1050 g/mol. The van der Waals surface area contributed by atoms with Crippen LogP contribution >= 0.6 is 0 Å². The van der Waals surface area contributed by atoms with Gasteiger partial charge in [-0.1, -0.05) is 0 Å². The van der Waals surface area contributed by atoms with Gasteiger partial charge >= 0.3 is 72.0 Å². The van der Waals surface area contributed by atoms with Crippen molar-refractivity contribution >= 4 is 84.1 Å². The number of benzene rings is 4. The van der Waals surface area contributed by atoms with Crippen LogP contribution in [0.3, 0.4) is 0 Å². The predicted molar refractivity (Wildman–Crippen MR) is 197 cm³/mol. The molecule has 0 aliphatic carbocycles. The predicted octanol–water partition coefficient (Wildman–Crippen LogP) is 11.5. The number of carbonyl (C=O) groups excluding carboxylic acids is 1. The largest absolute Gasteiger partial charge is 0.478 e. The quantitative estimate of drug-likeness (QED) is 0.0513. The number of nitrogens with zero attached hydrogens (tertiary/aromatic N) is 6. The number of rotatable bonds is 12. The first-order chi connectivity index (χ1) is 32.6. The monoisotopic (exact) mass is 1060 g/mol. The highest BCUT2D eigenvalue weighted by atomic mass is 19.4. The zero-order chi connectivity index (χ0) is 54.1. The highest BCUT2D eigenvalue weighted by Gasteiger charge is 2.87. The third-order valence-corrected chi connectivity index (χ3v) is 10.7. The van der Waals surface area contributed by atoms with Crippen LogP contribution in [0.25, 0.3) is 66.2 Å². The molecule has 4 aromatic carbocycles. The number of esters is 1. The lowest BCUT2D eigenvalue weighted by molar-refractivity contribution is -0.417. The molecule has 0 aliphatic rings. The summed E-state index contributed by atoms with van der Waals surface area (Å²) in [6, 6.07) is 7.00. The number of carbonyl (C=O) groups is 3. The second-order valence-corrected chi connectivity index (χ2v) is 15.4. The van der Waals surface area contributed by atoms with Crippen LogP contribution in [-0.4, -0.2) is 118 Å². The van der Waals surface area contributed by atoms with E-state index >= 15 is 8.78 Å². The molecule has 0 amide bonds. The van der Waals surface area contributed by atoms with Gasteiger partial charge < -0.3 is 14.9 Å². The van der Waals surface area contributed by atoms with E-state index in [0.29, 0.717) is 6.07 Å².